The number of thioether (sulfide) groups is 1. The molecule has 3 aliphatic heterocycles. The van der Waals surface area contributed by atoms with Crippen LogP contribution >= 0.6 is 11.8 Å². The maximum atomic E-state index is 15.9. The molecule has 3 fully saturated rings. The number of unbranched alkanes of at least 4 members (excludes halogenated alkanes) is 1. The molecule has 4 heterocycles. The van der Waals surface area contributed by atoms with E-state index >= 15 is 66.3 Å². The number of hydrogen-bond acceptors (Lipinski definition) is 21. The summed E-state index contributed by atoms with van der Waals surface area (Å²) in [6.07, 6.45) is -3.95. The molecule has 3 saturated heterocycles. The Kier molecular flexibility index (Phi) is 38.6. The lowest BCUT2D eigenvalue weighted by Crippen LogP contribution is -2.62. The Morgan fingerprint density at radius 3 is 1.57 bits per heavy atom. The highest BCUT2D eigenvalue weighted by atomic mass is 32.2. The molecule has 0 bridgehead atoms. The van der Waals surface area contributed by atoms with Crippen molar-refractivity contribution in [2.45, 2.75) is 215 Å². The largest absolute Gasteiger partial charge is 0.508 e. The van der Waals surface area contributed by atoms with E-state index in [9.17, 15) is 44.0 Å². The number of phenols is 2. The van der Waals surface area contributed by atoms with Gasteiger partial charge in [0.2, 0.25) is 88.6 Å². The van der Waals surface area contributed by atoms with E-state index in [2.05, 4.69) is 47.5 Å². The number of fused-ring (bicyclic) bond motifs is 3. The van der Waals surface area contributed by atoms with E-state index in [1.54, 1.807) is 126 Å². The molecule has 140 heavy (non-hydrogen) atoms. The van der Waals surface area contributed by atoms with Gasteiger partial charge in [-0.15, -0.1) is 11.8 Å². The van der Waals surface area contributed by atoms with E-state index in [4.69, 9.17) is 11.5 Å². The van der Waals surface area contributed by atoms with Gasteiger partial charge in [0, 0.05) is 122 Å². The first-order chi connectivity index (χ1) is 66.5. The number of rotatable bonds is 24. The fraction of sp³-hybridized carbons (Fsp3) is 0.455. The molecule has 10 rings (SSSR count). The van der Waals surface area contributed by atoms with Gasteiger partial charge < -0.3 is 109 Å². The molecule has 3 aliphatic rings. The number of hydrogen-bond donors (Lipinski definition) is 15. The van der Waals surface area contributed by atoms with Gasteiger partial charge in [-0.05, 0) is 113 Å². The molecule has 0 saturated carbocycles. The number of carbonyl (C=O) groups excluding carboxylic acids is 15. The number of halogens is 3. The normalized spacial score (nSPS) is 24.1. The molecule has 0 radical (unpaired) electrons. The minimum Gasteiger partial charge on any atom is -0.508 e. The summed E-state index contributed by atoms with van der Waals surface area (Å²) in [7, 11) is 4.93. The van der Waals surface area contributed by atoms with Crippen molar-refractivity contribution in [1.29, 1.82) is 0 Å². The van der Waals surface area contributed by atoms with Crippen molar-refractivity contribution >= 4 is 117 Å². The molecule has 17 N–H and O–H groups in total. The summed E-state index contributed by atoms with van der Waals surface area (Å²) in [5, 5.41) is 64.7. The van der Waals surface area contributed by atoms with Gasteiger partial charge in [-0.2, -0.15) is 0 Å². The molecule has 0 unspecified atom stereocenters. The van der Waals surface area contributed by atoms with Gasteiger partial charge in [0.25, 0.3) is 0 Å². The van der Waals surface area contributed by atoms with Crippen molar-refractivity contribution in [3.8, 4) is 11.5 Å². The zero-order chi connectivity index (χ0) is 102. The summed E-state index contributed by atoms with van der Waals surface area (Å²) in [6, 6.07) is 13.2. The topological polar surface area (TPSA) is 538 Å². The highest BCUT2D eigenvalue weighted by molar-refractivity contribution is 8.00. The van der Waals surface area contributed by atoms with Crippen LogP contribution in [0.3, 0.4) is 0 Å². The molecule has 7 aromatic rings. The Morgan fingerprint density at radius 1 is 0.500 bits per heavy atom. The van der Waals surface area contributed by atoms with Crippen LogP contribution < -0.4 is 54.0 Å². The van der Waals surface area contributed by atoms with Crippen LogP contribution in [0, 0.1) is 29.3 Å². The Labute approximate surface area is 812 Å². The number of nitrogens with one attached hydrogen (secondary N) is 9. The van der Waals surface area contributed by atoms with Crippen molar-refractivity contribution in [3.05, 3.63) is 203 Å². The predicted molar refractivity (Wildman–Crippen MR) is 510 cm³/mol. The number of nitrogens with zero attached hydrogens (tertiary/aromatic N) is 6. The van der Waals surface area contributed by atoms with Crippen LogP contribution in [-0.2, 0) is 115 Å². The molecule has 0 spiro atoms. The number of aliphatic carboxylic acids is 1. The zero-order valence-corrected chi connectivity index (χ0v) is 80.2. The quantitative estimate of drug-likeness (QED) is 0.0386. The number of amides is 15. The standard InChI is InChI=1S/C99H124F3N17O20S/c1-10-11-26-77-97(137)119-51-65(122)47-81(119)98(138)118-50-62(103)46-79(118)93(133)113-86(55(4)5)99(139)116(8)78(43-56-20-14-12-15-21-56)92(132)111-74(41-59-29-33-64(121)34-30-59)95(135)114(6)76(35-36-84(125)126)91(131)110-72(45-61-48-105-69-25-19-18-24-66(61)69)90(130)109-71(40-58-27-31-63(120)32-28-58)89(129)108-70(37-54(2)3)88(128)112-75(87(127)106-49-82(104)123)52-140-53-83(124)107-73(42-60-38-67(100)85(102)68(101)39-60)94(134)117(9)80(96(136)115(77)7)44-57-22-16-13-17-23-57/h12-25,27-34,38-39,48,54-55,62,65,70-81,86,105,120-122H,10-11,26,35-37,40-47,49-53,103H2,1-9H3,(H2,104,123)(H,106,127)(H,107,124)(H,108,129)(H,109,130)(H,110,131)(H,111,132)(H,112,128)(H,113,133)(H,125,126)/t62-,65-,70+,71+,72+,73+,74+,75+,76-,77+,78+,79+,80+,81-,86+/m1/s1. The number of carboxylic acids is 1. The highest BCUT2D eigenvalue weighted by Crippen LogP contribution is 2.31. The smallest absolute Gasteiger partial charge is 0.303 e. The van der Waals surface area contributed by atoms with Crippen molar-refractivity contribution in [2.24, 2.45) is 23.3 Å². The van der Waals surface area contributed by atoms with Crippen LogP contribution in [0.4, 0.5) is 13.2 Å². The number of aromatic hydroxyl groups is 2. The number of benzene rings is 6. The molecule has 41 heteroatoms. The first-order valence-corrected chi connectivity index (χ1v) is 47.6. The number of likely N-dealkylation sites (N-methyl/N-ethyl adjacent to an activating group) is 4. The monoisotopic (exact) mass is 1960 g/mol. The van der Waals surface area contributed by atoms with Gasteiger partial charge in [-0.1, -0.05) is 151 Å². The van der Waals surface area contributed by atoms with Gasteiger partial charge >= 0.3 is 5.97 Å². The predicted octanol–water partition coefficient (Wildman–Crippen LogP) is 2.45. The van der Waals surface area contributed by atoms with Gasteiger partial charge in [0.15, 0.2) is 17.5 Å². The van der Waals surface area contributed by atoms with E-state index in [1.807, 2.05) is 0 Å². The van der Waals surface area contributed by atoms with Gasteiger partial charge in [0.05, 0.1) is 18.4 Å². The van der Waals surface area contributed by atoms with E-state index in [-0.39, 0.29) is 68.6 Å². The number of aliphatic hydroxyl groups is 1. The van der Waals surface area contributed by atoms with Crippen LogP contribution in [0.25, 0.3) is 10.9 Å². The summed E-state index contributed by atoms with van der Waals surface area (Å²) < 4.78 is 45.3. The second kappa shape index (κ2) is 50.1. The van der Waals surface area contributed by atoms with E-state index in [0.717, 1.165) is 36.4 Å². The Bertz CT molecular complexity index is 5590. The average molecular weight is 1960 g/mol. The number of primary amides is 1. The highest BCUT2D eigenvalue weighted by Gasteiger charge is 2.50. The summed E-state index contributed by atoms with van der Waals surface area (Å²) in [6.45, 7) is 6.83. The third-order valence-electron chi connectivity index (χ3n) is 25.2. The number of carboxylic acid groups (broad SMARTS) is 1. The summed E-state index contributed by atoms with van der Waals surface area (Å²) >= 11 is 0.656. The number of nitrogens with two attached hydrogens (primary N) is 2. The fourth-order valence-electron chi connectivity index (χ4n) is 17.5. The van der Waals surface area contributed by atoms with Crippen LogP contribution in [0.5, 0.6) is 11.5 Å². The van der Waals surface area contributed by atoms with Crippen LogP contribution in [0.15, 0.2) is 152 Å². The van der Waals surface area contributed by atoms with Crippen molar-refractivity contribution in [2.75, 3.05) is 59.3 Å². The molecule has 6 aromatic carbocycles. The second-order valence-corrected chi connectivity index (χ2v) is 37.6. The Hall–Kier alpha value is -14.0. The minimum absolute atomic E-state index is 0.0798. The number of para-hydroxylation sites is 1. The number of carbonyl (C=O) groups is 16. The first kappa shape index (κ1) is 108. The number of aromatic amines is 1. The van der Waals surface area contributed by atoms with E-state index in [0.29, 0.717) is 69.0 Å². The third kappa shape index (κ3) is 29.1. The van der Waals surface area contributed by atoms with Crippen molar-refractivity contribution in [1.82, 2.24) is 76.9 Å². The molecular weight excluding hydrogens is 1840 g/mol. The number of aromatic nitrogens is 1. The van der Waals surface area contributed by atoms with Crippen LogP contribution in [0.1, 0.15) is 119 Å². The number of H-pyrrole nitrogens is 1. The molecule has 0 aliphatic carbocycles. The summed E-state index contributed by atoms with van der Waals surface area (Å²) in [4.78, 5) is 250. The van der Waals surface area contributed by atoms with Crippen LogP contribution in [0.2, 0.25) is 0 Å². The molecule has 37 nitrogen and oxygen atoms in total. The Morgan fingerprint density at radius 2 is 0.993 bits per heavy atom. The lowest BCUT2D eigenvalue weighted by atomic mass is 9.98. The van der Waals surface area contributed by atoms with Crippen molar-refractivity contribution < 1.29 is 110 Å². The van der Waals surface area contributed by atoms with Gasteiger partial charge in [0.1, 0.15) is 90.0 Å². The molecule has 15 atom stereocenters. The molecule has 15 amide bonds. The van der Waals surface area contributed by atoms with Gasteiger partial charge in [-0.25, -0.2) is 13.2 Å². The number of aliphatic hydroxyl groups excluding tert-OH is 1. The second-order valence-electron chi connectivity index (χ2n) is 36.6. The van der Waals surface area contributed by atoms with Gasteiger partial charge in [-0.3, -0.25) is 76.7 Å². The maximum Gasteiger partial charge on any atom is 0.303 e. The lowest BCUT2D eigenvalue weighted by molar-refractivity contribution is -0.154. The molecular formula is C99H124F3N17O20S. The summed E-state index contributed by atoms with van der Waals surface area (Å²) in [5.41, 5.74) is 14.3. The lowest BCUT2D eigenvalue weighted by Gasteiger charge is -2.38. The fourth-order valence-corrected chi connectivity index (χ4v) is 18.4. The number of phenolic OH excluding ortho intramolecular Hbond substituents is 2. The Balaban J connectivity index is 1.08. The van der Waals surface area contributed by atoms with E-state index < -0.39 is 278 Å². The zero-order valence-electron chi connectivity index (χ0n) is 79.4. The summed E-state index contributed by atoms with van der Waals surface area (Å²) in [5.74, 6) is -24.5. The third-order valence-corrected chi connectivity index (χ3v) is 26.3. The average Bonchev–Trinajstić information content (AvgIpc) is 1.57. The minimum atomic E-state index is -1.89. The SMILES string of the molecule is CCCC[C@H]1C(=O)N2C[C@H](O)C[C@@H]2C(=O)N2C[C@H](N)C[C@H]2C(=O)N[C@@H](C(C)C)C(=O)N(C)[C@@H](Cc2ccccc2)C(=O)N[C@@H](Cc2ccc(O)cc2)C(=O)N(C)[C@H](CCC(=O)O)C(=O)N[C@@H](Cc2c[nH]c3ccccc23)C(=O)N[C@@H](Cc2ccc(O)cc2)C(=O)N[C@@H](CC(C)C)C(=O)N[C@H](C(=O)NCC(N)=O)CSCC(=O)N[C@@H](Cc2cc(F)c(F)c(F)c2)C(=O)N(C)[C@@H](Cc2ccccc2)C(=O)N1C. The van der Waals surface area contributed by atoms with E-state index in [1.165, 1.54) is 69.7 Å². The first-order valence-electron chi connectivity index (χ1n) is 46.4. The molecule has 752 valence electrons. The van der Waals surface area contributed by atoms with Crippen molar-refractivity contribution in [3.63, 3.8) is 0 Å². The maximum absolute atomic E-state index is 15.9. The van der Waals surface area contributed by atoms with Crippen LogP contribution in [-0.4, -0.2) is 299 Å². The molecule has 1 aromatic heterocycles.